The zero-order valence-electron chi connectivity index (χ0n) is 9.45. The molecule has 0 aliphatic heterocycles. The summed E-state index contributed by atoms with van der Waals surface area (Å²) in [6, 6.07) is 4.79. The molecule has 18 heavy (non-hydrogen) atoms. The zero-order chi connectivity index (χ0) is 13.1. The molecule has 2 aromatic rings. The average Bonchev–Trinajstić information content (AvgIpc) is 2.68. The maximum absolute atomic E-state index is 11.1. The van der Waals surface area contributed by atoms with Crippen molar-refractivity contribution in [2.24, 2.45) is 7.05 Å². The van der Waals surface area contributed by atoms with E-state index in [1.54, 1.807) is 19.2 Å². The van der Waals surface area contributed by atoms with Crippen molar-refractivity contribution in [2.75, 3.05) is 0 Å². The number of nitrogens with zero attached hydrogens (tertiary/aromatic N) is 3. The Morgan fingerprint density at radius 3 is 2.94 bits per heavy atom. The van der Waals surface area contributed by atoms with Crippen LogP contribution in [-0.4, -0.2) is 30.8 Å². The fourth-order valence-corrected chi connectivity index (χ4v) is 2.10. The molecule has 2 heterocycles. The maximum atomic E-state index is 11.1. The van der Waals surface area contributed by atoms with Crippen LogP contribution in [0.25, 0.3) is 0 Å². The summed E-state index contributed by atoms with van der Waals surface area (Å²) in [5, 5.41) is 15.5. The maximum Gasteiger partial charge on any atom is 0.354 e. The van der Waals surface area contributed by atoms with E-state index < -0.39 is 5.97 Å². The number of rotatable bonds is 4. The van der Waals surface area contributed by atoms with Gasteiger partial charge in [-0.25, -0.2) is 19.7 Å². The van der Waals surface area contributed by atoms with Crippen molar-refractivity contribution in [3.8, 4) is 0 Å². The van der Waals surface area contributed by atoms with E-state index in [9.17, 15) is 9.59 Å². The lowest BCUT2D eigenvalue weighted by Crippen LogP contribution is -2.12. The quantitative estimate of drug-likeness (QED) is 0.781. The molecule has 0 amide bonds. The van der Waals surface area contributed by atoms with E-state index in [-0.39, 0.29) is 11.4 Å². The number of hydrogen-bond donors (Lipinski definition) is 2. The third kappa shape index (κ3) is 2.59. The first-order valence-corrected chi connectivity index (χ1v) is 6.00. The summed E-state index contributed by atoms with van der Waals surface area (Å²) in [7, 11) is 1.61. The Kier molecular flexibility index (Phi) is 3.47. The van der Waals surface area contributed by atoms with Crippen LogP contribution >= 0.6 is 11.8 Å². The van der Waals surface area contributed by atoms with Crippen molar-refractivity contribution in [1.29, 1.82) is 0 Å². The van der Waals surface area contributed by atoms with Crippen LogP contribution in [0.1, 0.15) is 16.2 Å². The van der Waals surface area contributed by atoms with Crippen LogP contribution in [0.2, 0.25) is 0 Å². The fourth-order valence-electron chi connectivity index (χ4n) is 1.28. The number of carbonyl (C=O) groups is 1. The molecule has 0 aliphatic rings. The van der Waals surface area contributed by atoms with Gasteiger partial charge in [0.2, 0.25) is 0 Å². The zero-order valence-corrected chi connectivity index (χ0v) is 10.3. The van der Waals surface area contributed by atoms with Gasteiger partial charge < -0.3 is 5.11 Å². The van der Waals surface area contributed by atoms with Crippen molar-refractivity contribution in [1.82, 2.24) is 19.7 Å². The molecular weight excluding hydrogens is 256 g/mol. The number of aromatic amines is 1. The lowest BCUT2D eigenvalue weighted by atomic mass is 10.3. The van der Waals surface area contributed by atoms with Crippen molar-refractivity contribution in [2.45, 2.75) is 10.9 Å². The molecule has 0 bridgehead atoms. The van der Waals surface area contributed by atoms with Crippen LogP contribution in [0, 0.1) is 0 Å². The van der Waals surface area contributed by atoms with E-state index in [1.165, 1.54) is 22.4 Å². The number of aromatic nitrogens is 4. The van der Waals surface area contributed by atoms with Crippen molar-refractivity contribution in [3.05, 3.63) is 40.1 Å². The molecule has 0 aliphatic carbocycles. The number of aromatic carboxylic acids is 1. The first-order valence-electron chi connectivity index (χ1n) is 5.01. The molecule has 7 nitrogen and oxygen atoms in total. The Morgan fingerprint density at radius 2 is 2.33 bits per heavy atom. The summed E-state index contributed by atoms with van der Waals surface area (Å²) in [5.74, 6) is -0.617. The average molecular weight is 266 g/mol. The van der Waals surface area contributed by atoms with Gasteiger partial charge in [-0.05, 0) is 12.1 Å². The highest BCUT2D eigenvalue weighted by Crippen LogP contribution is 2.17. The Labute approximate surface area is 106 Å². The molecule has 0 unspecified atom stereocenters. The Morgan fingerprint density at radius 1 is 1.56 bits per heavy atom. The molecule has 2 rings (SSSR count). The first-order chi connectivity index (χ1) is 8.58. The summed E-state index contributed by atoms with van der Waals surface area (Å²) in [6.07, 6.45) is 0. The van der Waals surface area contributed by atoms with Crippen LogP contribution in [-0.2, 0) is 12.8 Å². The normalized spacial score (nSPS) is 10.5. The third-order valence-electron chi connectivity index (χ3n) is 2.21. The van der Waals surface area contributed by atoms with E-state index in [4.69, 9.17) is 5.11 Å². The van der Waals surface area contributed by atoms with Gasteiger partial charge in [0, 0.05) is 12.8 Å². The van der Waals surface area contributed by atoms with E-state index in [0.29, 0.717) is 16.6 Å². The summed E-state index contributed by atoms with van der Waals surface area (Å²) < 4.78 is 1.38. The van der Waals surface area contributed by atoms with Crippen molar-refractivity contribution < 1.29 is 9.90 Å². The molecule has 0 saturated heterocycles. The highest BCUT2D eigenvalue weighted by molar-refractivity contribution is 7.98. The fraction of sp³-hybridized carbons (Fsp3) is 0.200. The summed E-state index contributed by atoms with van der Waals surface area (Å²) in [4.78, 5) is 25.9. The largest absolute Gasteiger partial charge is 0.477 e. The standard InChI is InChI=1S/C10H10N4O3S/c1-14-9(17)12-13-10(14)18-5-6-3-2-4-7(11-6)8(15)16/h2-4H,5H2,1H3,(H,12,17)(H,15,16). The minimum atomic E-state index is -1.06. The predicted molar refractivity (Wildman–Crippen MR) is 64.6 cm³/mol. The van der Waals surface area contributed by atoms with E-state index in [0.717, 1.165) is 0 Å². The van der Waals surface area contributed by atoms with Crippen LogP contribution in [0.15, 0.2) is 28.2 Å². The number of carboxylic acids is 1. The third-order valence-corrected chi connectivity index (χ3v) is 3.28. The van der Waals surface area contributed by atoms with Gasteiger partial charge in [0.05, 0.1) is 5.69 Å². The van der Waals surface area contributed by atoms with Crippen molar-refractivity contribution in [3.63, 3.8) is 0 Å². The number of H-pyrrole nitrogens is 1. The summed E-state index contributed by atoms with van der Waals surface area (Å²) in [6.45, 7) is 0. The van der Waals surface area contributed by atoms with Crippen LogP contribution in [0.5, 0.6) is 0 Å². The van der Waals surface area contributed by atoms with Gasteiger partial charge in [-0.3, -0.25) is 4.57 Å². The molecule has 0 aromatic carbocycles. The minimum Gasteiger partial charge on any atom is -0.477 e. The number of hydrogen-bond acceptors (Lipinski definition) is 5. The number of carboxylic acid groups (broad SMARTS) is 1. The van der Waals surface area contributed by atoms with Gasteiger partial charge in [-0.15, -0.1) is 5.10 Å². The van der Waals surface area contributed by atoms with E-state index in [1.807, 2.05) is 0 Å². The first kappa shape index (κ1) is 12.4. The van der Waals surface area contributed by atoms with Gasteiger partial charge in [-0.1, -0.05) is 17.8 Å². The Bertz CT molecular complexity index is 634. The van der Waals surface area contributed by atoms with Gasteiger partial charge in [0.1, 0.15) is 5.69 Å². The molecule has 0 spiro atoms. The van der Waals surface area contributed by atoms with Gasteiger partial charge >= 0.3 is 11.7 Å². The molecule has 0 fully saturated rings. The SMILES string of the molecule is Cn1c(SCc2cccc(C(=O)O)n2)n[nH]c1=O. The molecule has 8 heteroatoms. The smallest absolute Gasteiger partial charge is 0.354 e. The molecule has 0 saturated carbocycles. The minimum absolute atomic E-state index is 0.00372. The van der Waals surface area contributed by atoms with E-state index in [2.05, 4.69) is 15.2 Å². The van der Waals surface area contributed by atoms with Gasteiger partial charge in [0.25, 0.3) is 0 Å². The van der Waals surface area contributed by atoms with Gasteiger partial charge in [0.15, 0.2) is 5.16 Å². The van der Waals surface area contributed by atoms with Crippen molar-refractivity contribution >= 4 is 17.7 Å². The topological polar surface area (TPSA) is 101 Å². The summed E-state index contributed by atoms with van der Waals surface area (Å²) >= 11 is 1.31. The number of thioether (sulfide) groups is 1. The molecule has 94 valence electrons. The highest BCUT2D eigenvalue weighted by atomic mass is 32.2. The lowest BCUT2D eigenvalue weighted by Gasteiger charge is -2.01. The monoisotopic (exact) mass is 266 g/mol. The molecule has 2 aromatic heterocycles. The second-order valence-electron chi connectivity index (χ2n) is 3.48. The van der Waals surface area contributed by atoms with Crippen LogP contribution < -0.4 is 5.69 Å². The van der Waals surface area contributed by atoms with Gasteiger partial charge in [-0.2, -0.15) is 0 Å². The van der Waals surface area contributed by atoms with Crippen LogP contribution in [0.3, 0.4) is 0 Å². The molecule has 0 radical (unpaired) electrons. The predicted octanol–water partition coefficient (Wildman–Crippen LogP) is 0.494. The molecular formula is C10H10N4O3S. The second-order valence-corrected chi connectivity index (χ2v) is 4.42. The Balaban J connectivity index is 2.11. The van der Waals surface area contributed by atoms with E-state index >= 15 is 0 Å². The Hall–Kier alpha value is -2.09. The summed E-state index contributed by atoms with van der Waals surface area (Å²) in [5.41, 5.74) is 0.337. The molecule has 2 N–H and O–H groups in total. The second kappa shape index (κ2) is 5.05. The highest BCUT2D eigenvalue weighted by Gasteiger charge is 2.08. The molecule has 0 atom stereocenters. The van der Waals surface area contributed by atoms with Crippen LogP contribution in [0.4, 0.5) is 0 Å². The number of nitrogens with one attached hydrogen (secondary N) is 1. The number of pyridine rings is 1. The lowest BCUT2D eigenvalue weighted by molar-refractivity contribution is 0.0690.